The highest BCUT2D eigenvalue weighted by Crippen LogP contribution is 2.49. The highest BCUT2D eigenvalue weighted by atomic mass is 19.4. The van der Waals surface area contributed by atoms with Crippen LogP contribution in [0.1, 0.15) is 6.42 Å². The van der Waals surface area contributed by atoms with Gasteiger partial charge in [-0.15, -0.1) is 0 Å². The Hall–Kier alpha value is -0.250. The molecule has 2 aliphatic heterocycles. The third kappa shape index (κ3) is 0.682. The van der Waals surface area contributed by atoms with E-state index in [1.165, 1.54) is 0 Å². The van der Waals surface area contributed by atoms with Crippen molar-refractivity contribution in [2.45, 2.75) is 18.6 Å². The maximum atomic E-state index is 12.0. The zero-order valence-electron chi connectivity index (χ0n) is 5.28. The van der Waals surface area contributed by atoms with E-state index >= 15 is 0 Å². The molecule has 1 saturated carbocycles. The van der Waals surface area contributed by atoms with Gasteiger partial charge in [-0.3, -0.25) is 0 Å². The molecule has 2 saturated heterocycles. The van der Waals surface area contributed by atoms with Gasteiger partial charge in [0.25, 0.3) is 0 Å². The van der Waals surface area contributed by atoms with E-state index in [2.05, 4.69) is 5.32 Å². The van der Waals surface area contributed by atoms with Crippen LogP contribution in [0.3, 0.4) is 0 Å². The van der Waals surface area contributed by atoms with Crippen LogP contribution in [0.2, 0.25) is 0 Å². The fourth-order valence-electron chi connectivity index (χ4n) is 1.97. The summed E-state index contributed by atoms with van der Waals surface area (Å²) in [5.41, 5.74) is 0. The van der Waals surface area contributed by atoms with Gasteiger partial charge >= 0.3 is 6.18 Å². The average Bonchev–Trinajstić information content (AvgIpc) is 2.08. The minimum absolute atomic E-state index is 0.120. The van der Waals surface area contributed by atoms with E-state index in [1.807, 2.05) is 0 Å². The SMILES string of the molecule is FC(F)(F)[C@H]1[C@H]2CN[C@@H]1C2. The second-order valence-electron chi connectivity index (χ2n) is 3.08. The van der Waals surface area contributed by atoms with Crippen LogP contribution in [0.25, 0.3) is 0 Å². The van der Waals surface area contributed by atoms with E-state index in [4.69, 9.17) is 0 Å². The molecular weight excluding hydrogens is 143 g/mol. The Morgan fingerprint density at radius 3 is 2.20 bits per heavy atom. The zero-order chi connectivity index (χ0) is 7.35. The van der Waals surface area contributed by atoms with Crippen LogP contribution in [0.4, 0.5) is 13.2 Å². The molecule has 4 heteroatoms. The van der Waals surface area contributed by atoms with Gasteiger partial charge in [0.2, 0.25) is 0 Å². The summed E-state index contributed by atoms with van der Waals surface area (Å²) in [7, 11) is 0. The van der Waals surface area contributed by atoms with Gasteiger partial charge < -0.3 is 5.32 Å². The molecule has 0 aromatic heterocycles. The molecule has 2 bridgehead atoms. The molecule has 0 aromatic rings. The van der Waals surface area contributed by atoms with Gasteiger partial charge in [0, 0.05) is 6.04 Å². The van der Waals surface area contributed by atoms with Crippen molar-refractivity contribution in [3.8, 4) is 0 Å². The number of hydrogen-bond acceptors (Lipinski definition) is 1. The molecule has 3 atom stereocenters. The molecule has 0 radical (unpaired) electrons. The standard InChI is InChI=1S/C6H8F3N/c7-6(8,9)5-3-1-4(5)10-2-3/h3-5,10H,1-2H2/t3-,4-,5+/m1/s1. The van der Waals surface area contributed by atoms with Gasteiger partial charge in [0.05, 0.1) is 5.92 Å². The Balaban J connectivity index is 2.09. The van der Waals surface area contributed by atoms with Crippen molar-refractivity contribution in [1.82, 2.24) is 5.32 Å². The zero-order valence-corrected chi connectivity index (χ0v) is 5.28. The highest BCUT2D eigenvalue weighted by Gasteiger charge is 2.59. The lowest BCUT2D eigenvalue weighted by atomic mass is 9.73. The molecule has 1 nitrogen and oxygen atoms in total. The number of halogens is 3. The Kier molecular flexibility index (Phi) is 1.08. The van der Waals surface area contributed by atoms with Gasteiger partial charge in [-0.1, -0.05) is 0 Å². The van der Waals surface area contributed by atoms with Crippen LogP contribution >= 0.6 is 0 Å². The Bertz CT molecular complexity index is 140. The first-order valence-electron chi connectivity index (χ1n) is 3.39. The highest BCUT2D eigenvalue weighted by molar-refractivity contribution is 5.04. The minimum atomic E-state index is -3.96. The lowest BCUT2D eigenvalue weighted by Gasteiger charge is -2.35. The van der Waals surface area contributed by atoms with E-state index in [0.717, 1.165) is 6.42 Å². The predicted molar refractivity (Wildman–Crippen MR) is 29.4 cm³/mol. The molecular formula is C6H8F3N. The lowest BCUT2D eigenvalue weighted by molar-refractivity contribution is -0.207. The fraction of sp³-hybridized carbons (Fsp3) is 1.00. The molecule has 0 unspecified atom stereocenters. The second-order valence-corrected chi connectivity index (χ2v) is 3.08. The maximum absolute atomic E-state index is 12.0. The topological polar surface area (TPSA) is 12.0 Å². The summed E-state index contributed by atoms with van der Waals surface area (Å²) >= 11 is 0. The Morgan fingerprint density at radius 2 is 2.00 bits per heavy atom. The summed E-state index contributed by atoms with van der Waals surface area (Å²) in [6, 6.07) is -0.259. The van der Waals surface area contributed by atoms with E-state index in [1.54, 1.807) is 0 Å². The normalized spacial score (nSPS) is 45.3. The lowest BCUT2D eigenvalue weighted by Crippen LogP contribution is -2.46. The molecule has 0 amide bonds. The third-order valence-electron chi connectivity index (χ3n) is 2.52. The molecule has 0 spiro atoms. The monoisotopic (exact) mass is 151 g/mol. The van der Waals surface area contributed by atoms with E-state index in [9.17, 15) is 13.2 Å². The molecule has 10 heavy (non-hydrogen) atoms. The largest absolute Gasteiger partial charge is 0.393 e. The Morgan fingerprint density at radius 1 is 1.30 bits per heavy atom. The quantitative estimate of drug-likeness (QED) is 0.547. The molecule has 3 aliphatic rings. The predicted octanol–water partition coefficient (Wildman–Crippen LogP) is 1.16. The van der Waals surface area contributed by atoms with E-state index in [0.29, 0.717) is 6.54 Å². The van der Waals surface area contributed by atoms with Crippen LogP contribution in [0.5, 0.6) is 0 Å². The van der Waals surface area contributed by atoms with Crippen molar-refractivity contribution in [3.63, 3.8) is 0 Å². The average molecular weight is 151 g/mol. The fourth-order valence-corrected chi connectivity index (χ4v) is 1.97. The second kappa shape index (κ2) is 1.67. The summed E-state index contributed by atoms with van der Waals surface area (Å²) in [6.07, 6.45) is -3.23. The molecule has 3 rings (SSSR count). The van der Waals surface area contributed by atoms with Crippen LogP contribution in [0, 0.1) is 11.8 Å². The summed E-state index contributed by atoms with van der Waals surface area (Å²) in [5.74, 6) is -1.16. The minimum Gasteiger partial charge on any atom is -0.313 e. The van der Waals surface area contributed by atoms with Crippen LogP contribution in [-0.2, 0) is 0 Å². The molecule has 1 N–H and O–H groups in total. The first kappa shape index (κ1) is 6.46. The Labute approximate surface area is 56.6 Å². The molecule has 1 aliphatic carbocycles. The molecule has 3 fully saturated rings. The summed E-state index contributed by atoms with van der Waals surface area (Å²) in [6.45, 7) is 0.564. The first-order valence-corrected chi connectivity index (χ1v) is 3.39. The van der Waals surface area contributed by atoms with Crippen molar-refractivity contribution >= 4 is 0 Å². The smallest absolute Gasteiger partial charge is 0.313 e. The van der Waals surface area contributed by atoms with Gasteiger partial charge in [-0.2, -0.15) is 13.2 Å². The summed E-state index contributed by atoms with van der Waals surface area (Å²) < 4.78 is 36.0. The van der Waals surface area contributed by atoms with Gasteiger partial charge in [0.1, 0.15) is 0 Å². The number of nitrogens with one attached hydrogen (secondary N) is 1. The molecule has 0 aromatic carbocycles. The van der Waals surface area contributed by atoms with Crippen molar-refractivity contribution in [2.75, 3.05) is 6.54 Å². The summed E-state index contributed by atoms with van der Waals surface area (Å²) in [4.78, 5) is 0. The van der Waals surface area contributed by atoms with Crippen LogP contribution in [0.15, 0.2) is 0 Å². The maximum Gasteiger partial charge on any atom is 0.393 e. The van der Waals surface area contributed by atoms with Gasteiger partial charge in [-0.05, 0) is 18.9 Å². The van der Waals surface area contributed by atoms with Crippen molar-refractivity contribution in [1.29, 1.82) is 0 Å². The van der Waals surface area contributed by atoms with Crippen molar-refractivity contribution < 1.29 is 13.2 Å². The van der Waals surface area contributed by atoms with Crippen molar-refractivity contribution in [2.24, 2.45) is 11.8 Å². The van der Waals surface area contributed by atoms with Crippen molar-refractivity contribution in [3.05, 3.63) is 0 Å². The number of fused-ring (bicyclic) bond motifs is 1. The van der Waals surface area contributed by atoms with Gasteiger partial charge in [0.15, 0.2) is 0 Å². The van der Waals surface area contributed by atoms with Gasteiger partial charge in [-0.25, -0.2) is 0 Å². The summed E-state index contributed by atoms with van der Waals surface area (Å²) in [5, 5.41) is 2.83. The van der Waals surface area contributed by atoms with Crippen LogP contribution < -0.4 is 5.32 Å². The first-order chi connectivity index (χ1) is 4.59. The number of alkyl halides is 3. The molecule has 58 valence electrons. The third-order valence-corrected chi connectivity index (χ3v) is 2.52. The van der Waals surface area contributed by atoms with Crippen LogP contribution in [-0.4, -0.2) is 18.8 Å². The molecule has 2 heterocycles. The van der Waals surface area contributed by atoms with E-state index in [-0.39, 0.29) is 12.0 Å². The number of hydrogen-bond donors (Lipinski definition) is 1. The number of rotatable bonds is 0. The van der Waals surface area contributed by atoms with E-state index < -0.39 is 12.1 Å².